The predicted octanol–water partition coefficient (Wildman–Crippen LogP) is 8.50. The highest BCUT2D eigenvalue weighted by Crippen LogP contribution is 2.23. The molecule has 3 atom stereocenters. The van der Waals surface area contributed by atoms with E-state index in [1.54, 1.807) is 0 Å². The zero-order valence-corrected chi connectivity index (χ0v) is 18.9. The minimum Gasteiger partial charge on any atom is -0.0854 e. The first-order valence-corrected chi connectivity index (χ1v) is 11.2. The summed E-state index contributed by atoms with van der Waals surface area (Å²) in [5.41, 5.74) is 5.36. The van der Waals surface area contributed by atoms with Gasteiger partial charge in [-0.3, -0.25) is 0 Å². The minimum atomic E-state index is 0.636. The third-order valence-electron chi connectivity index (χ3n) is 6.07. The Hall–Kier alpha value is -1.82. The van der Waals surface area contributed by atoms with Crippen LogP contribution in [0, 0.1) is 30.6 Å². The standard InChI is InChI=1S/C28H40/c1-21(2)7-12-24(5)25(6)13-8-22(3)9-14-26-15-19-28(20-16-26)27-17-10-23(4)11-18-27/h8,10-11,13,15-22,24-25H,7,9,12,14H2,1-6H3/b13-8-. The van der Waals surface area contributed by atoms with Gasteiger partial charge in [-0.05, 0) is 66.5 Å². The van der Waals surface area contributed by atoms with Gasteiger partial charge in [-0.15, -0.1) is 0 Å². The Kier molecular flexibility index (Phi) is 9.03. The van der Waals surface area contributed by atoms with Crippen LogP contribution in [0.4, 0.5) is 0 Å². The molecule has 0 N–H and O–H groups in total. The van der Waals surface area contributed by atoms with Crippen LogP contribution in [0.1, 0.15) is 65.0 Å². The Balaban J connectivity index is 1.80. The van der Waals surface area contributed by atoms with Crippen LogP contribution in [0.3, 0.4) is 0 Å². The summed E-state index contributed by atoms with van der Waals surface area (Å²) in [5.74, 6) is 2.90. The smallest absolute Gasteiger partial charge is 0.0184 e. The number of rotatable bonds is 10. The van der Waals surface area contributed by atoms with Crippen molar-refractivity contribution in [2.24, 2.45) is 23.7 Å². The normalized spacial score (nSPS) is 15.1. The quantitative estimate of drug-likeness (QED) is 0.365. The third kappa shape index (κ3) is 7.66. The topological polar surface area (TPSA) is 0 Å². The second-order valence-electron chi connectivity index (χ2n) is 9.27. The molecule has 3 unspecified atom stereocenters. The molecule has 0 aliphatic rings. The monoisotopic (exact) mass is 376 g/mol. The molecule has 2 aromatic carbocycles. The van der Waals surface area contributed by atoms with Gasteiger partial charge in [0.05, 0.1) is 0 Å². The zero-order valence-electron chi connectivity index (χ0n) is 18.9. The number of hydrogen-bond donors (Lipinski definition) is 0. The number of benzene rings is 2. The molecule has 0 spiro atoms. The van der Waals surface area contributed by atoms with Crippen molar-refractivity contribution in [1.82, 2.24) is 0 Å². The molecule has 0 aromatic heterocycles. The summed E-state index contributed by atoms with van der Waals surface area (Å²) in [6.45, 7) is 13.9. The lowest BCUT2D eigenvalue weighted by Gasteiger charge is -2.18. The fourth-order valence-corrected chi connectivity index (χ4v) is 3.51. The minimum absolute atomic E-state index is 0.636. The van der Waals surface area contributed by atoms with E-state index in [0.29, 0.717) is 11.8 Å². The summed E-state index contributed by atoms with van der Waals surface area (Å²) >= 11 is 0. The largest absolute Gasteiger partial charge is 0.0854 e. The van der Waals surface area contributed by atoms with Crippen molar-refractivity contribution in [2.45, 2.75) is 67.2 Å². The molecule has 0 saturated heterocycles. The summed E-state index contributed by atoms with van der Waals surface area (Å²) < 4.78 is 0. The van der Waals surface area contributed by atoms with Gasteiger partial charge in [0.2, 0.25) is 0 Å². The molecule has 0 aliphatic heterocycles. The molecule has 0 heteroatoms. The lowest BCUT2D eigenvalue weighted by molar-refractivity contribution is 0.383. The molecule has 0 nitrogen and oxygen atoms in total. The summed E-state index contributed by atoms with van der Waals surface area (Å²) in [5, 5.41) is 0. The van der Waals surface area contributed by atoms with E-state index in [1.807, 2.05) is 0 Å². The first-order valence-electron chi connectivity index (χ1n) is 11.2. The molecule has 2 rings (SSSR count). The van der Waals surface area contributed by atoms with E-state index in [4.69, 9.17) is 0 Å². The average molecular weight is 377 g/mol. The zero-order chi connectivity index (χ0) is 20.5. The molecule has 2 aromatic rings. The van der Waals surface area contributed by atoms with Crippen LogP contribution in [0.25, 0.3) is 11.1 Å². The molecule has 28 heavy (non-hydrogen) atoms. The summed E-state index contributed by atoms with van der Waals surface area (Å²) in [4.78, 5) is 0. The fraction of sp³-hybridized carbons (Fsp3) is 0.500. The van der Waals surface area contributed by atoms with Crippen molar-refractivity contribution in [1.29, 1.82) is 0 Å². The van der Waals surface area contributed by atoms with E-state index in [9.17, 15) is 0 Å². The third-order valence-corrected chi connectivity index (χ3v) is 6.07. The Bertz CT molecular complexity index is 703. The lowest BCUT2D eigenvalue weighted by atomic mass is 9.88. The molecule has 0 saturated carbocycles. The van der Waals surface area contributed by atoms with E-state index in [0.717, 1.165) is 18.3 Å². The van der Waals surface area contributed by atoms with Crippen LogP contribution < -0.4 is 0 Å². The van der Waals surface area contributed by atoms with Gasteiger partial charge in [0.15, 0.2) is 0 Å². The van der Waals surface area contributed by atoms with Crippen LogP contribution in [0.15, 0.2) is 60.7 Å². The number of hydrogen-bond acceptors (Lipinski definition) is 0. The van der Waals surface area contributed by atoms with Crippen LogP contribution in [-0.4, -0.2) is 0 Å². The van der Waals surface area contributed by atoms with Crippen molar-refractivity contribution in [3.05, 3.63) is 71.8 Å². The Morgan fingerprint density at radius 3 is 1.82 bits per heavy atom. The van der Waals surface area contributed by atoms with Gasteiger partial charge in [0.25, 0.3) is 0 Å². The number of allylic oxidation sites excluding steroid dienone is 2. The molecule has 0 fully saturated rings. The van der Waals surface area contributed by atoms with Crippen LogP contribution >= 0.6 is 0 Å². The first kappa shape index (κ1) is 22.5. The summed E-state index contributed by atoms with van der Waals surface area (Å²) in [6.07, 6.45) is 9.94. The van der Waals surface area contributed by atoms with E-state index < -0.39 is 0 Å². The lowest BCUT2D eigenvalue weighted by Crippen LogP contribution is -2.07. The Morgan fingerprint density at radius 1 is 0.679 bits per heavy atom. The van der Waals surface area contributed by atoms with Gasteiger partial charge in [0.1, 0.15) is 0 Å². The maximum Gasteiger partial charge on any atom is -0.0184 e. The van der Waals surface area contributed by atoms with E-state index in [-0.39, 0.29) is 0 Å². The first-order chi connectivity index (χ1) is 13.3. The van der Waals surface area contributed by atoms with Gasteiger partial charge < -0.3 is 0 Å². The maximum atomic E-state index is 2.45. The Morgan fingerprint density at radius 2 is 1.25 bits per heavy atom. The molecule has 0 bridgehead atoms. The predicted molar refractivity (Wildman–Crippen MR) is 126 cm³/mol. The van der Waals surface area contributed by atoms with Gasteiger partial charge >= 0.3 is 0 Å². The second kappa shape index (κ2) is 11.2. The molecule has 0 amide bonds. The maximum absolute atomic E-state index is 2.45. The molecule has 152 valence electrons. The molecular formula is C28H40. The van der Waals surface area contributed by atoms with E-state index in [2.05, 4.69) is 102 Å². The van der Waals surface area contributed by atoms with Crippen molar-refractivity contribution in [3.8, 4) is 11.1 Å². The average Bonchev–Trinajstić information content (AvgIpc) is 2.69. The molecule has 0 heterocycles. The second-order valence-corrected chi connectivity index (χ2v) is 9.27. The molecule has 0 radical (unpaired) electrons. The van der Waals surface area contributed by atoms with Gasteiger partial charge in [-0.1, -0.05) is 107 Å². The van der Waals surface area contributed by atoms with Crippen LogP contribution in [0.2, 0.25) is 0 Å². The molecule has 0 aliphatic carbocycles. The van der Waals surface area contributed by atoms with Crippen molar-refractivity contribution in [2.75, 3.05) is 0 Å². The highest BCUT2D eigenvalue weighted by atomic mass is 14.2. The van der Waals surface area contributed by atoms with Gasteiger partial charge in [-0.2, -0.15) is 0 Å². The van der Waals surface area contributed by atoms with Crippen molar-refractivity contribution < 1.29 is 0 Å². The van der Waals surface area contributed by atoms with Crippen molar-refractivity contribution >= 4 is 0 Å². The Labute approximate surface area is 174 Å². The highest BCUT2D eigenvalue weighted by molar-refractivity contribution is 5.63. The van der Waals surface area contributed by atoms with Crippen LogP contribution in [0.5, 0.6) is 0 Å². The van der Waals surface area contributed by atoms with E-state index >= 15 is 0 Å². The summed E-state index contributed by atoms with van der Waals surface area (Å²) in [6, 6.07) is 17.9. The summed E-state index contributed by atoms with van der Waals surface area (Å²) in [7, 11) is 0. The van der Waals surface area contributed by atoms with Gasteiger partial charge in [0, 0.05) is 0 Å². The SMILES string of the molecule is Cc1ccc(-c2ccc(CCC(C)/C=C\C(C)C(C)CCC(C)C)cc2)cc1. The van der Waals surface area contributed by atoms with Gasteiger partial charge in [-0.25, -0.2) is 0 Å². The number of aryl methyl sites for hydroxylation is 2. The fourth-order valence-electron chi connectivity index (χ4n) is 3.51. The molecular weight excluding hydrogens is 336 g/mol. The van der Waals surface area contributed by atoms with E-state index in [1.165, 1.54) is 41.5 Å². The van der Waals surface area contributed by atoms with Crippen LogP contribution in [-0.2, 0) is 6.42 Å². The highest BCUT2D eigenvalue weighted by Gasteiger charge is 2.10. The van der Waals surface area contributed by atoms with Crippen molar-refractivity contribution in [3.63, 3.8) is 0 Å².